The second-order valence-corrected chi connectivity index (χ2v) is 7.92. The monoisotopic (exact) mass is 287 g/mol. The Morgan fingerprint density at radius 2 is 1.67 bits per heavy atom. The fourth-order valence-corrected chi connectivity index (χ4v) is 3.56. The van der Waals surface area contributed by atoms with Gasteiger partial charge in [-0.3, -0.25) is 0 Å². The second-order valence-electron chi connectivity index (χ2n) is 7.92. The lowest BCUT2D eigenvalue weighted by Crippen LogP contribution is -2.41. The van der Waals surface area contributed by atoms with Crippen molar-refractivity contribution in [1.82, 2.24) is 5.32 Å². The highest BCUT2D eigenvalue weighted by Gasteiger charge is 2.25. The minimum atomic E-state index is 0.236. The van der Waals surface area contributed by atoms with E-state index in [4.69, 9.17) is 0 Å². The van der Waals surface area contributed by atoms with Crippen LogP contribution in [-0.2, 0) is 6.42 Å². The molecule has 21 heavy (non-hydrogen) atoms. The van der Waals surface area contributed by atoms with Crippen LogP contribution in [0.4, 0.5) is 0 Å². The topological polar surface area (TPSA) is 12.0 Å². The van der Waals surface area contributed by atoms with Crippen LogP contribution in [0.3, 0.4) is 0 Å². The zero-order valence-electron chi connectivity index (χ0n) is 14.4. The smallest absolute Gasteiger partial charge is 0.00966 e. The van der Waals surface area contributed by atoms with Crippen molar-refractivity contribution in [3.63, 3.8) is 0 Å². The van der Waals surface area contributed by atoms with Gasteiger partial charge in [0.25, 0.3) is 0 Å². The lowest BCUT2D eigenvalue weighted by molar-refractivity contribution is 0.269. The SMILES string of the molecule is Cc1ccccc1CC1CCCCCC1CNC(C)(C)C. The molecule has 0 spiro atoms. The lowest BCUT2D eigenvalue weighted by atomic mass is 9.82. The average molecular weight is 287 g/mol. The van der Waals surface area contributed by atoms with Gasteiger partial charge in [0, 0.05) is 5.54 Å². The average Bonchev–Trinajstić information content (AvgIpc) is 2.63. The maximum absolute atomic E-state index is 3.75. The van der Waals surface area contributed by atoms with Gasteiger partial charge in [-0.25, -0.2) is 0 Å². The van der Waals surface area contributed by atoms with E-state index in [9.17, 15) is 0 Å². The van der Waals surface area contributed by atoms with E-state index in [1.54, 1.807) is 5.56 Å². The van der Waals surface area contributed by atoms with Gasteiger partial charge >= 0.3 is 0 Å². The largest absolute Gasteiger partial charge is 0.312 e. The van der Waals surface area contributed by atoms with Gasteiger partial charge in [-0.1, -0.05) is 43.5 Å². The van der Waals surface area contributed by atoms with Crippen LogP contribution in [0.1, 0.15) is 64.0 Å². The number of benzene rings is 1. The first kappa shape index (κ1) is 16.5. The van der Waals surface area contributed by atoms with Gasteiger partial charge in [0.2, 0.25) is 0 Å². The third-order valence-electron chi connectivity index (χ3n) is 4.95. The Kier molecular flexibility index (Phi) is 5.87. The Balaban J connectivity index is 2.03. The molecule has 0 radical (unpaired) electrons. The zero-order chi connectivity index (χ0) is 15.3. The molecule has 1 aliphatic rings. The van der Waals surface area contributed by atoms with E-state index >= 15 is 0 Å². The van der Waals surface area contributed by atoms with Crippen molar-refractivity contribution in [1.29, 1.82) is 0 Å². The number of rotatable bonds is 4. The fourth-order valence-electron chi connectivity index (χ4n) is 3.56. The van der Waals surface area contributed by atoms with Gasteiger partial charge < -0.3 is 5.32 Å². The molecular formula is C20H33N. The van der Waals surface area contributed by atoms with E-state index in [-0.39, 0.29) is 5.54 Å². The molecule has 0 amide bonds. The third kappa shape index (κ3) is 5.47. The molecule has 0 saturated heterocycles. The molecule has 1 N–H and O–H groups in total. The highest BCUT2D eigenvalue weighted by atomic mass is 14.9. The van der Waals surface area contributed by atoms with Crippen molar-refractivity contribution in [3.8, 4) is 0 Å². The molecule has 1 fully saturated rings. The number of nitrogens with one attached hydrogen (secondary N) is 1. The number of hydrogen-bond acceptors (Lipinski definition) is 1. The van der Waals surface area contributed by atoms with E-state index in [2.05, 4.69) is 57.3 Å². The van der Waals surface area contributed by atoms with E-state index in [1.165, 1.54) is 50.6 Å². The summed E-state index contributed by atoms with van der Waals surface area (Å²) in [4.78, 5) is 0. The third-order valence-corrected chi connectivity index (χ3v) is 4.95. The Morgan fingerprint density at radius 1 is 1.00 bits per heavy atom. The van der Waals surface area contributed by atoms with Crippen LogP contribution in [0.25, 0.3) is 0 Å². The summed E-state index contributed by atoms with van der Waals surface area (Å²) in [5.74, 6) is 1.69. The molecule has 1 aromatic rings. The summed E-state index contributed by atoms with van der Waals surface area (Å²) in [5, 5.41) is 3.75. The summed E-state index contributed by atoms with van der Waals surface area (Å²) in [6, 6.07) is 8.94. The second kappa shape index (κ2) is 7.45. The summed E-state index contributed by atoms with van der Waals surface area (Å²) in [7, 11) is 0. The maximum atomic E-state index is 3.75. The standard InChI is InChI=1S/C20H33N/c1-16-10-8-9-11-17(16)14-18-12-6-5-7-13-19(18)15-21-20(2,3)4/h8-11,18-19,21H,5-7,12-15H2,1-4H3. The molecule has 1 nitrogen and oxygen atoms in total. The first-order valence-corrected chi connectivity index (χ1v) is 8.75. The van der Waals surface area contributed by atoms with Gasteiger partial charge in [-0.05, 0) is 76.5 Å². The van der Waals surface area contributed by atoms with E-state index in [1.807, 2.05) is 0 Å². The van der Waals surface area contributed by atoms with Crippen LogP contribution in [0.2, 0.25) is 0 Å². The van der Waals surface area contributed by atoms with Gasteiger partial charge in [0.05, 0.1) is 0 Å². The molecular weight excluding hydrogens is 254 g/mol. The minimum Gasteiger partial charge on any atom is -0.312 e. The van der Waals surface area contributed by atoms with E-state index < -0.39 is 0 Å². The van der Waals surface area contributed by atoms with E-state index in [0.29, 0.717) is 0 Å². The molecule has 0 aliphatic heterocycles. The first-order chi connectivity index (χ1) is 9.96. The van der Waals surface area contributed by atoms with Gasteiger partial charge in [0.15, 0.2) is 0 Å². The molecule has 2 atom stereocenters. The van der Waals surface area contributed by atoms with Crippen LogP contribution < -0.4 is 5.32 Å². The van der Waals surface area contributed by atoms with Crippen molar-refractivity contribution >= 4 is 0 Å². The Hall–Kier alpha value is -0.820. The quantitative estimate of drug-likeness (QED) is 0.758. The Morgan fingerprint density at radius 3 is 2.33 bits per heavy atom. The van der Waals surface area contributed by atoms with Crippen LogP contribution in [0, 0.1) is 18.8 Å². The van der Waals surface area contributed by atoms with Crippen molar-refractivity contribution in [2.75, 3.05) is 6.54 Å². The van der Waals surface area contributed by atoms with E-state index in [0.717, 1.165) is 11.8 Å². The van der Waals surface area contributed by atoms with Crippen molar-refractivity contribution in [2.24, 2.45) is 11.8 Å². The number of hydrogen-bond donors (Lipinski definition) is 1. The molecule has 2 unspecified atom stereocenters. The summed E-state index contributed by atoms with van der Waals surface area (Å²) in [5.41, 5.74) is 3.26. The van der Waals surface area contributed by atoms with Crippen LogP contribution in [0.15, 0.2) is 24.3 Å². The predicted molar refractivity (Wildman–Crippen MR) is 92.7 cm³/mol. The van der Waals surface area contributed by atoms with Gasteiger partial charge in [0.1, 0.15) is 0 Å². The Labute approximate surface area is 131 Å². The highest BCUT2D eigenvalue weighted by Crippen LogP contribution is 2.32. The molecule has 0 heterocycles. The molecule has 118 valence electrons. The predicted octanol–water partition coefficient (Wildman–Crippen LogP) is 5.12. The van der Waals surface area contributed by atoms with Crippen LogP contribution in [0.5, 0.6) is 0 Å². The normalized spacial score (nSPS) is 23.8. The highest BCUT2D eigenvalue weighted by molar-refractivity contribution is 5.26. The minimum absolute atomic E-state index is 0.236. The number of aryl methyl sites for hydroxylation is 1. The molecule has 0 bridgehead atoms. The molecule has 1 aromatic carbocycles. The van der Waals surface area contributed by atoms with Gasteiger partial charge in [-0.15, -0.1) is 0 Å². The van der Waals surface area contributed by atoms with Crippen molar-refractivity contribution in [2.45, 2.75) is 71.8 Å². The lowest BCUT2D eigenvalue weighted by Gasteiger charge is -2.30. The first-order valence-electron chi connectivity index (χ1n) is 8.75. The zero-order valence-corrected chi connectivity index (χ0v) is 14.4. The summed E-state index contributed by atoms with van der Waals surface area (Å²) in [6.07, 6.45) is 8.34. The van der Waals surface area contributed by atoms with Crippen molar-refractivity contribution < 1.29 is 0 Å². The summed E-state index contributed by atoms with van der Waals surface area (Å²) >= 11 is 0. The van der Waals surface area contributed by atoms with Crippen LogP contribution >= 0.6 is 0 Å². The molecule has 1 saturated carbocycles. The summed E-state index contributed by atoms with van der Waals surface area (Å²) in [6.45, 7) is 10.3. The van der Waals surface area contributed by atoms with Gasteiger partial charge in [-0.2, -0.15) is 0 Å². The maximum Gasteiger partial charge on any atom is 0.00966 e. The molecule has 2 rings (SSSR count). The fraction of sp³-hybridized carbons (Fsp3) is 0.700. The summed E-state index contributed by atoms with van der Waals surface area (Å²) < 4.78 is 0. The molecule has 1 heteroatoms. The molecule has 0 aromatic heterocycles. The van der Waals surface area contributed by atoms with Crippen molar-refractivity contribution in [3.05, 3.63) is 35.4 Å². The molecule has 1 aliphatic carbocycles. The van der Waals surface area contributed by atoms with Crippen LogP contribution in [-0.4, -0.2) is 12.1 Å². The Bertz CT molecular complexity index is 430.